The van der Waals surface area contributed by atoms with Crippen molar-refractivity contribution in [1.82, 2.24) is 9.88 Å². The van der Waals surface area contributed by atoms with Crippen LogP contribution in [0.25, 0.3) is 0 Å². The lowest BCUT2D eigenvalue weighted by atomic mass is 10.2. The maximum Gasteiger partial charge on any atom is 0.273 e. The number of unbranched alkanes of at least 4 members (excludes halogenated alkanes) is 2. The number of carbonyl (C=O) groups excluding carboxylic acids is 1. The highest BCUT2D eigenvalue weighted by Crippen LogP contribution is 2.16. The summed E-state index contributed by atoms with van der Waals surface area (Å²) in [5.74, 6) is -0.0352. The van der Waals surface area contributed by atoms with Crippen molar-refractivity contribution in [1.29, 1.82) is 0 Å². The maximum atomic E-state index is 12.7. The lowest BCUT2D eigenvalue weighted by Crippen LogP contribution is -2.31. The van der Waals surface area contributed by atoms with Crippen LogP contribution < -0.4 is 5.73 Å². The zero-order valence-corrected chi connectivity index (χ0v) is 16.1. The fraction of sp³-hybridized carbons (Fsp3) is 0.412. The highest BCUT2D eigenvalue weighted by Gasteiger charge is 2.18. The second-order valence-electron chi connectivity index (χ2n) is 5.39. The predicted octanol–water partition coefficient (Wildman–Crippen LogP) is 4.51. The first-order chi connectivity index (χ1) is 11.1. The van der Waals surface area contributed by atoms with E-state index >= 15 is 0 Å². The second kappa shape index (κ2) is 10.7. The molecule has 132 valence electrons. The van der Waals surface area contributed by atoms with E-state index in [1.807, 2.05) is 29.2 Å². The fourth-order valence-electron chi connectivity index (χ4n) is 2.28. The summed E-state index contributed by atoms with van der Waals surface area (Å²) in [7, 11) is 0. The molecule has 0 spiro atoms. The molecule has 2 N–H and O–H groups in total. The van der Waals surface area contributed by atoms with Crippen molar-refractivity contribution in [3.05, 3.63) is 50.9 Å². The van der Waals surface area contributed by atoms with Gasteiger partial charge in [-0.05, 0) is 24.1 Å². The smallest absolute Gasteiger partial charge is 0.273 e. The molecular formula is C17H23Cl2N3OS. The molecule has 0 unspecified atom stereocenters. The zero-order valence-electron chi connectivity index (χ0n) is 13.7. The van der Waals surface area contributed by atoms with Crippen LogP contribution in [0.3, 0.4) is 0 Å². The first kappa shape index (κ1) is 20.9. The quantitative estimate of drug-likeness (QED) is 0.677. The minimum Gasteiger partial charge on any atom is -0.333 e. The topological polar surface area (TPSA) is 59.2 Å². The van der Waals surface area contributed by atoms with E-state index in [1.54, 1.807) is 5.38 Å². The van der Waals surface area contributed by atoms with Gasteiger partial charge in [0.15, 0.2) is 0 Å². The van der Waals surface area contributed by atoms with E-state index in [9.17, 15) is 4.79 Å². The van der Waals surface area contributed by atoms with Crippen molar-refractivity contribution >= 4 is 41.3 Å². The first-order valence-corrected chi connectivity index (χ1v) is 9.08. The number of nitrogens with two attached hydrogens (primary N) is 1. The minimum atomic E-state index is -0.0352. The molecule has 0 aliphatic heterocycles. The Balaban J connectivity index is 0.00000288. The van der Waals surface area contributed by atoms with Crippen molar-refractivity contribution in [2.24, 2.45) is 5.73 Å². The molecule has 0 radical (unpaired) electrons. The molecule has 0 fully saturated rings. The van der Waals surface area contributed by atoms with Crippen molar-refractivity contribution in [3.63, 3.8) is 0 Å². The van der Waals surface area contributed by atoms with Crippen molar-refractivity contribution < 1.29 is 4.79 Å². The van der Waals surface area contributed by atoms with E-state index in [0.717, 1.165) is 36.4 Å². The van der Waals surface area contributed by atoms with Gasteiger partial charge < -0.3 is 10.6 Å². The molecule has 24 heavy (non-hydrogen) atoms. The van der Waals surface area contributed by atoms with Crippen LogP contribution in [0.1, 0.15) is 47.2 Å². The van der Waals surface area contributed by atoms with Crippen LogP contribution in [-0.4, -0.2) is 22.3 Å². The van der Waals surface area contributed by atoms with E-state index in [4.69, 9.17) is 17.3 Å². The van der Waals surface area contributed by atoms with Gasteiger partial charge in [-0.3, -0.25) is 4.79 Å². The third-order valence-electron chi connectivity index (χ3n) is 3.55. The molecular weight excluding hydrogens is 365 g/mol. The molecule has 0 saturated heterocycles. The van der Waals surface area contributed by atoms with Crippen LogP contribution in [0.15, 0.2) is 29.6 Å². The summed E-state index contributed by atoms with van der Waals surface area (Å²) in [6.45, 7) is 3.81. The Morgan fingerprint density at radius 2 is 2.00 bits per heavy atom. The van der Waals surface area contributed by atoms with Gasteiger partial charge in [0.25, 0.3) is 5.91 Å². The number of benzene rings is 1. The Bertz CT molecular complexity index is 631. The average Bonchev–Trinajstić information content (AvgIpc) is 3.04. The van der Waals surface area contributed by atoms with Crippen molar-refractivity contribution in [2.75, 3.05) is 6.54 Å². The summed E-state index contributed by atoms with van der Waals surface area (Å²) in [4.78, 5) is 18.9. The van der Waals surface area contributed by atoms with E-state index in [-0.39, 0.29) is 18.3 Å². The van der Waals surface area contributed by atoms with Gasteiger partial charge in [0, 0.05) is 30.0 Å². The minimum absolute atomic E-state index is 0. The average molecular weight is 388 g/mol. The lowest BCUT2D eigenvalue weighted by molar-refractivity contribution is 0.0734. The number of amides is 1. The van der Waals surface area contributed by atoms with Gasteiger partial charge in [-0.15, -0.1) is 23.7 Å². The molecule has 2 aromatic rings. The fourth-order valence-corrected chi connectivity index (χ4v) is 3.05. The SMILES string of the molecule is CCCCCN(Cc1ccc(Cl)cc1)C(=O)c1csc(CN)n1.Cl. The van der Waals surface area contributed by atoms with Crippen LogP contribution in [0.2, 0.25) is 5.02 Å². The molecule has 2 rings (SSSR count). The molecule has 1 aromatic carbocycles. The molecule has 1 heterocycles. The van der Waals surface area contributed by atoms with Gasteiger partial charge in [-0.1, -0.05) is 43.5 Å². The summed E-state index contributed by atoms with van der Waals surface area (Å²) in [6.07, 6.45) is 3.22. The molecule has 0 aliphatic carbocycles. The number of halogens is 2. The van der Waals surface area contributed by atoms with E-state index in [1.165, 1.54) is 11.3 Å². The number of hydrogen-bond acceptors (Lipinski definition) is 4. The van der Waals surface area contributed by atoms with Crippen molar-refractivity contribution in [3.8, 4) is 0 Å². The zero-order chi connectivity index (χ0) is 16.7. The predicted molar refractivity (Wildman–Crippen MR) is 103 cm³/mol. The van der Waals surface area contributed by atoms with Gasteiger partial charge >= 0.3 is 0 Å². The first-order valence-electron chi connectivity index (χ1n) is 7.82. The van der Waals surface area contributed by atoms with Crippen LogP contribution in [-0.2, 0) is 13.1 Å². The van der Waals surface area contributed by atoms with E-state index < -0.39 is 0 Å². The van der Waals surface area contributed by atoms with E-state index in [2.05, 4.69) is 11.9 Å². The normalized spacial score (nSPS) is 10.3. The summed E-state index contributed by atoms with van der Waals surface area (Å²) < 4.78 is 0. The summed E-state index contributed by atoms with van der Waals surface area (Å²) in [6, 6.07) is 7.60. The van der Waals surface area contributed by atoms with E-state index in [0.29, 0.717) is 23.8 Å². The molecule has 0 aliphatic rings. The number of thiazole rings is 1. The Kier molecular flexibility index (Phi) is 9.29. The van der Waals surface area contributed by atoms with Gasteiger partial charge in [0.1, 0.15) is 10.7 Å². The van der Waals surface area contributed by atoms with Gasteiger partial charge in [0.2, 0.25) is 0 Å². The second-order valence-corrected chi connectivity index (χ2v) is 6.77. The standard InChI is InChI=1S/C17H22ClN3OS.ClH/c1-2-3-4-9-21(11-13-5-7-14(18)8-6-13)17(22)15-12-23-16(10-19)20-15;/h5-8,12H,2-4,9-11,19H2,1H3;1H. The molecule has 1 amide bonds. The third-order valence-corrected chi connectivity index (χ3v) is 4.67. The Labute approximate surface area is 158 Å². The molecule has 4 nitrogen and oxygen atoms in total. The Morgan fingerprint density at radius 1 is 1.29 bits per heavy atom. The van der Waals surface area contributed by atoms with Crippen LogP contribution in [0.4, 0.5) is 0 Å². The van der Waals surface area contributed by atoms with Crippen LogP contribution in [0.5, 0.6) is 0 Å². The molecule has 0 bridgehead atoms. The largest absolute Gasteiger partial charge is 0.333 e. The summed E-state index contributed by atoms with van der Waals surface area (Å²) >= 11 is 7.36. The molecule has 0 atom stereocenters. The van der Waals surface area contributed by atoms with Crippen LogP contribution in [0, 0.1) is 0 Å². The number of rotatable bonds is 8. The number of carbonyl (C=O) groups is 1. The summed E-state index contributed by atoms with van der Waals surface area (Å²) in [5.41, 5.74) is 7.14. The third kappa shape index (κ3) is 6.06. The maximum absolute atomic E-state index is 12.7. The highest BCUT2D eigenvalue weighted by atomic mass is 35.5. The summed E-state index contributed by atoms with van der Waals surface area (Å²) in [5, 5.41) is 3.28. The van der Waals surface area contributed by atoms with Crippen LogP contribution >= 0.6 is 35.3 Å². The Morgan fingerprint density at radius 3 is 2.58 bits per heavy atom. The number of nitrogens with zero attached hydrogens (tertiary/aromatic N) is 2. The van der Waals surface area contributed by atoms with Crippen molar-refractivity contribution in [2.45, 2.75) is 39.3 Å². The highest BCUT2D eigenvalue weighted by molar-refractivity contribution is 7.09. The molecule has 1 aromatic heterocycles. The van der Waals surface area contributed by atoms with Gasteiger partial charge in [0.05, 0.1) is 0 Å². The molecule has 7 heteroatoms. The molecule has 0 saturated carbocycles. The Hall–Kier alpha value is -1.14. The number of hydrogen-bond donors (Lipinski definition) is 1. The van der Waals surface area contributed by atoms with Gasteiger partial charge in [-0.2, -0.15) is 0 Å². The van der Waals surface area contributed by atoms with Gasteiger partial charge in [-0.25, -0.2) is 4.98 Å². The number of aromatic nitrogens is 1. The monoisotopic (exact) mass is 387 g/mol. The lowest BCUT2D eigenvalue weighted by Gasteiger charge is -2.22.